The van der Waals surface area contributed by atoms with Crippen LogP contribution in [-0.2, 0) is 0 Å². The molecule has 0 spiro atoms. The standard InChI is InChI=1S/C12H22/c1-6-7-8-11(4)9-12(5)10(2)3/h6-7,9-11H,8H2,1-5H3. The molecule has 0 bridgehead atoms. The zero-order valence-electron chi connectivity index (χ0n) is 9.09. The van der Waals surface area contributed by atoms with Crippen LogP contribution in [0.4, 0.5) is 0 Å². The molecule has 0 heterocycles. The van der Waals surface area contributed by atoms with Crippen molar-refractivity contribution < 1.29 is 0 Å². The van der Waals surface area contributed by atoms with Crippen molar-refractivity contribution in [3.63, 3.8) is 0 Å². The van der Waals surface area contributed by atoms with Gasteiger partial charge in [-0.2, -0.15) is 0 Å². The van der Waals surface area contributed by atoms with Crippen LogP contribution in [-0.4, -0.2) is 0 Å². The van der Waals surface area contributed by atoms with E-state index in [9.17, 15) is 0 Å². The van der Waals surface area contributed by atoms with E-state index in [4.69, 9.17) is 0 Å². The molecule has 0 N–H and O–H groups in total. The maximum atomic E-state index is 2.38. The number of rotatable bonds is 4. The van der Waals surface area contributed by atoms with E-state index < -0.39 is 0 Å². The normalized spacial score (nSPS) is 16.0. The molecular formula is C12H22. The fraction of sp³-hybridized carbons (Fsp3) is 0.667. The first-order valence-electron chi connectivity index (χ1n) is 4.87. The molecule has 0 radical (unpaired) electrons. The van der Waals surface area contributed by atoms with Gasteiger partial charge >= 0.3 is 0 Å². The van der Waals surface area contributed by atoms with Crippen LogP contribution in [0.2, 0.25) is 0 Å². The Bertz CT molecular complexity index is 161. The minimum atomic E-state index is 0.684. The minimum absolute atomic E-state index is 0.684. The topological polar surface area (TPSA) is 0 Å². The molecule has 0 aliphatic heterocycles. The van der Waals surface area contributed by atoms with Crippen LogP contribution in [0.5, 0.6) is 0 Å². The molecule has 0 amide bonds. The first kappa shape index (κ1) is 11.5. The second kappa shape index (κ2) is 6.05. The van der Waals surface area contributed by atoms with Gasteiger partial charge in [0.15, 0.2) is 0 Å². The first-order valence-corrected chi connectivity index (χ1v) is 4.87. The van der Waals surface area contributed by atoms with Crippen LogP contribution in [0.3, 0.4) is 0 Å². The Morgan fingerprint density at radius 2 is 1.83 bits per heavy atom. The molecule has 0 saturated heterocycles. The third kappa shape index (κ3) is 5.17. The lowest BCUT2D eigenvalue weighted by Crippen LogP contribution is -1.94. The molecule has 0 aliphatic rings. The van der Waals surface area contributed by atoms with E-state index in [1.807, 2.05) is 0 Å². The monoisotopic (exact) mass is 166 g/mol. The van der Waals surface area contributed by atoms with Gasteiger partial charge in [-0.1, -0.05) is 44.6 Å². The highest BCUT2D eigenvalue weighted by molar-refractivity contribution is 5.04. The van der Waals surface area contributed by atoms with Crippen molar-refractivity contribution >= 4 is 0 Å². The molecule has 12 heavy (non-hydrogen) atoms. The van der Waals surface area contributed by atoms with Gasteiger partial charge in [0.25, 0.3) is 0 Å². The summed E-state index contributed by atoms with van der Waals surface area (Å²) in [6.07, 6.45) is 7.90. The minimum Gasteiger partial charge on any atom is -0.0916 e. The zero-order valence-corrected chi connectivity index (χ0v) is 9.09. The van der Waals surface area contributed by atoms with Crippen molar-refractivity contribution in [2.45, 2.75) is 41.0 Å². The molecule has 70 valence electrons. The number of allylic oxidation sites excluding steroid dienone is 4. The van der Waals surface area contributed by atoms with Gasteiger partial charge < -0.3 is 0 Å². The van der Waals surface area contributed by atoms with Crippen molar-refractivity contribution in [1.82, 2.24) is 0 Å². The maximum Gasteiger partial charge on any atom is -0.0225 e. The van der Waals surface area contributed by atoms with Crippen molar-refractivity contribution in [3.8, 4) is 0 Å². The Hall–Kier alpha value is -0.520. The highest BCUT2D eigenvalue weighted by Gasteiger charge is 1.99. The van der Waals surface area contributed by atoms with Crippen LogP contribution in [0.15, 0.2) is 23.8 Å². The molecule has 0 nitrogen and oxygen atoms in total. The summed E-state index contributed by atoms with van der Waals surface area (Å²) < 4.78 is 0. The highest BCUT2D eigenvalue weighted by Crippen LogP contribution is 2.14. The van der Waals surface area contributed by atoms with Crippen molar-refractivity contribution in [1.29, 1.82) is 0 Å². The van der Waals surface area contributed by atoms with E-state index in [1.54, 1.807) is 0 Å². The Morgan fingerprint density at radius 1 is 1.25 bits per heavy atom. The van der Waals surface area contributed by atoms with E-state index in [0.717, 1.165) is 0 Å². The molecule has 0 fully saturated rings. The van der Waals surface area contributed by atoms with Crippen LogP contribution < -0.4 is 0 Å². The smallest absolute Gasteiger partial charge is 0.0225 e. The fourth-order valence-corrected chi connectivity index (χ4v) is 1.06. The van der Waals surface area contributed by atoms with Gasteiger partial charge in [-0.15, -0.1) is 0 Å². The molecule has 0 aromatic carbocycles. The third-order valence-electron chi connectivity index (χ3n) is 2.20. The van der Waals surface area contributed by atoms with Crippen LogP contribution in [0.1, 0.15) is 41.0 Å². The summed E-state index contributed by atoms with van der Waals surface area (Å²) in [5.41, 5.74) is 1.51. The highest BCUT2D eigenvalue weighted by atomic mass is 14.0. The van der Waals surface area contributed by atoms with E-state index in [-0.39, 0.29) is 0 Å². The Kier molecular flexibility index (Phi) is 5.79. The molecule has 0 heteroatoms. The van der Waals surface area contributed by atoms with Crippen LogP contribution in [0.25, 0.3) is 0 Å². The van der Waals surface area contributed by atoms with E-state index in [1.165, 1.54) is 12.0 Å². The molecule has 0 aromatic heterocycles. The molecule has 0 aromatic rings. The van der Waals surface area contributed by atoms with E-state index >= 15 is 0 Å². The predicted octanol–water partition coefficient (Wildman–Crippen LogP) is 4.19. The van der Waals surface area contributed by atoms with Gasteiger partial charge in [0.2, 0.25) is 0 Å². The van der Waals surface area contributed by atoms with Gasteiger partial charge in [0, 0.05) is 0 Å². The number of hydrogen-bond donors (Lipinski definition) is 0. The Labute approximate surface area is 77.4 Å². The number of hydrogen-bond acceptors (Lipinski definition) is 0. The molecular weight excluding hydrogens is 144 g/mol. The van der Waals surface area contributed by atoms with Gasteiger partial charge in [-0.25, -0.2) is 0 Å². The lowest BCUT2D eigenvalue weighted by Gasteiger charge is -2.08. The average molecular weight is 166 g/mol. The van der Waals surface area contributed by atoms with Gasteiger partial charge in [-0.3, -0.25) is 0 Å². The summed E-state index contributed by atoms with van der Waals surface area (Å²) in [5.74, 6) is 1.38. The molecule has 0 saturated carbocycles. The summed E-state index contributed by atoms with van der Waals surface area (Å²) in [7, 11) is 0. The van der Waals surface area contributed by atoms with Crippen molar-refractivity contribution in [2.24, 2.45) is 11.8 Å². The predicted molar refractivity (Wildman–Crippen MR) is 57.2 cm³/mol. The van der Waals surface area contributed by atoms with E-state index in [2.05, 4.69) is 52.8 Å². The first-order chi connectivity index (χ1) is 5.57. The maximum absolute atomic E-state index is 2.38. The van der Waals surface area contributed by atoms with Crippen molar-refractivity contribution in [3.05, 3.63) is 23.8 Å². The third-order valence-corrected chi connectivity index (χ3v) is 2.20. The van der Waals surface area contributed by atoms with Gasteiger partial charge in [0.1, 0.15) is 0 Å². The fourth-order valence-electron chi connectivity index (χ4n) is 1.06. The largest absolute Gasteiger partial charge is 0.0916 e. The summed E-state index contributed by atoms with van der Waals surface area (Å²) >= 11 is 0. The second-order valence-electron chi connectivity index (χ2n) is 3.85. The van der Waals surface area contributed by atoms with E-state index in [0.29, 0.717) is 11.8 Å². The molecule has 0 rings (SSSR count). The SMILES string of the molecule is CC=CCC(C)C=C(C)C(C)C. The van der Waals surface area contributed by atoms with Gasteiger partial charge in [-0.05, 0) is 32.1 Å². The van der Waals surface area contributed by atoms with Gasteiger partial charge in [0.05, 0.1) is 0 Å². The average Bonchev–Trinajstić information content (AvgIpc) is 2.00. The quantitative estimate of drug-likeness (QED) is 0.549. The zero-order chi connectivity index (χ0) is 9.56. The lowest BCUT2D eigenvalue weighted by molar-refractivity contribution is 0.697. The summed E-state index contributed by atoms with van der Waals surface area (Å²) in [4.78, 5) is 0. The lowest BCUT2D eigenvalue weighted by atomic mass is 9.98. The second-order valence-corrected chi connectivity index (χ2v) is 3.85. The molecule has 1 atom stereocenters. The summed E-state index contributed by atoms with van der Waals surface area (Å²) in [5, 5.41) is 0. The summed E-state index contributed by atoms with van der Waals surface area (Å²) in [6.45, 7) is 11.1. The van der Waals surface area contributed by atoms with Crippen LogP contribution >= 0.6 is 0 Å². The summed E-state index contributed by atoms with van der Waals surface area (Å²) in [6, 6.07) is 0. The Morgan fingerprint density at radius 3 is 2.25 bits per heavy atom. The van der Waals surface area contributed by atoms with Crippen molar-refractivity contribution in [2.75, 3.05) is 0 Å². The molecule has 0 aliphatic carbocycles. The Balaban J connectivity index is 3.95. The molecule has 1 unspecified atom stereocenters. The van der Waals surface area contributed by atoms with Crippen LogP contribution in [0, 0.1) is 11.8 Å².